The van der Waals surface area contributed by atoms with Gasteiger partial charge < -0.3 is 5.73 Å². The number of nitrogens with two attached hydrogens (primary N) is 1. The Morgan fingerprint density at radius 3 is 1.45 bits per heavy atom. The molecule has 0 bridgehead atoms. The van der Waals surface area contributed by atoms with E-state index in [0.717, 1.165) is 6.54 Å². The van der Waals surface area contributed by atoms with Crippen LogP contribution < -0.4 is 5.73 Å². The Bertz CT molecular complexity index is 180. The maximum atomic E-state index is 5.47. The van der Waals surface area contributed by atoms with Gasteiger partial charge in [0.15, 0.2) is 0 Å². The van der Waals surface area contributed by atoms with Crippen molar-refractivity contribution in [2.24, 2.45) is 5.73 Å². The van der Waals surface area contributed by atoms with Crippen LogP contribution >= 0.6 is 0 Å². The van der Waals surface area contributed by atoms with Crippen molar-refractivity contribution in [2.75, 3.05) is 6.54 Å². The maximum absolute atomic E-state index is 5.47. The predicted molar refractivity (Wildman–Crippen MR) is 94.3 cm³/mol. The van der Waals surface area contributed by atoms with Crippen LogP contribution in [-0.4, -0.2) is 33.8 Å². The van der Waals surface area contributed by atoms with E-state index in [-0.39, 0.29) is 27.3 Å². The van der Waals surface area contributed by atoms with Gasteiger partial charge in [0.1, 0.15) is 0 Å². The Balaban J connectivity index is 0. The van der Waals surface area contributed by atoms with E-state index in [2.05, 4.69) is 19.1 Å². The first-order chi connectivity index (χ1) is 9.41. The number of hydrogen-bond donors (Lipinski definition) is 1. The Morgan fingerprint density at radius 1 is 0.600 bits per heavy atom. The summed E-state index contributed by atoms with van der Waals surface area (Å²) in [4.78, 5) is 0. The van der Waals surface area contributed by atoms with Crippen LogP contribution in [0.4, 0.5) is 0 Å². The molecule has 0 aromatic carbocycles. The van der Waals surface area contributed by atoms with E-state index in [1.807, 2.05) is 0 Å². The first-order valence-corrected chi connectivity index (χ1v) is 8.77. The molecule has 118 valence electrons. The summed E-state index contributed by atoms with van der Waals surface area (Å²) in [5, 5.41) is 0. The predicted octanol–water partition coefficient (Wildman–Crippen LogP) is 5.60. The van der Waals surface area contributed by atoms with Gasteiger partial charge >= 0.3 is 0 Å². The van der Waals surface area contributed by atoms with Crippen molar-refractivity contribution >= 4 is 27.3 Å². The standard InChI is InChI=1S/C18H37N.Pb/c1-2-3-4-5-6-7-8-9-10-11-12-13-14-15-16-17-18-19;/h9-10H,2-8,11-19H2,1H3;/b10-9-;. The Labute approximate surface area is 148 Å². The minimum Gasteiger partial charge on any atom is -0.330 e. The molecule has 0 amide bonds. The van der Waals surface area contributed by atoms with Crippen molar-refractivity contribution < 1.29 is 0 Å². The van der Waals surface area contributed by atoms with Crippen LogP contribution in [0.2, 0.25) is 0 Å². The van der Waals surface area contributed by atoms with Crippen LogP contribution in [-0.2, 0) is 0 Å². The van der Waals surface area contributed by atoms with E-state index in [1.165, 1.54) is 89.9 Å². The molecule has 2 heteroatoms. The molecule has 0 unspecified atom stereocenters. The van der Waals surface area contributed by atoms with Crippen molar-refractivity contribution in [1.82, 2.24) is 0 Å². The maximum Gasteiger partial charge on any atom is 0 e. The molecular weight excluding hydrogens is 437 g/mol. The molecule has 0 atom stereocenters. The number of hydrogen-bond acceptors (Lipinski definition) is 1. The van der Waals surface area contributed by atoms with Gasteiger partial charge in [0.25, 0.3) is 0 Å². The van der Waals surface area contributed by atoms with E-state index in [4.69, 9.17) is 5.73 Å². The quantitative estimate of drug-likeness (QED) is 0.187. The number of allylic oxidation sites excluding steroid dienone is 2. The third-order valence-electron chi connectivity index (χ3n) is 3.72. The minimum atomic E-state index is 0. The molecule has 0 fully saturated rings. The minimum absolute atomic E-state index is 0. The SMILES string of the molecule is CCCCCCCC/C=C\CCCCCCCCN.[Pb]. The first kappa shape index (κ1) is 22.9. The normalized spacial score (nSPS) is 10.9. The largest absolute Gasteiger partial charge is 0.330 e. The summed E-state index contributed by atoms with van der Waals surface area (Å²) >= 11 is 0. The van der Waals surface area contributed by atoms with Gasteiger partial charge in [-0.3, -0.25) is 0 Å². The summed E-state index contributed by atoms with van der Waals surface area (Å²) in [6, 6.07) is 0. The molecule has 0 heterocycles. The zero-order chi connectivity index (χ0) is 14.0. The zero-order valence-corrected chi connectivity index (χ0v) is 17.7. The second-order valence-corrected chi connectivity index (χ2v) is 5.73. The molecule has 0 aliphatic heterocycles. The van der Waals surface area contributed by atoms with Gasteiger partial charge in [0, 0.05) is 27.3 Å². The number of unbranched alkanes of at least 4 members (excludes halogenated alkanes) is 12. The van der Waals surface area contributed by atoms with Crippen LogP contribution in [0.15, 0.2) is 12.2 Å². The van der Waals surface area contributed by atoms with E-state index >= 15 is 0 Å². The van der Waals surface area contributed by atoms with E-state index in [9.17, 15) is 0 Å². The molecule has 0 spiro atoms. The molecule has 0 aliphatic carbocycles. The van der Waals surface area contributed by atoms with Crippen molar-refractivity contribution in [3.05, 3.63) is 12.2 Å². The monoisotopic (exact) mass is 475 g/mol. The van der Waals surface area contributed by atoms with E-state index in [1.54, 1.807) is 0 Å². The van der Waals surface area contributed by atoms with Gasteiger partial charge in [-0.05, 0) is 38.6 Å². The second kappa shape index (κ2) is 21.9. The van der Waals surface area contributed by atoms with Crippen molar-refractivity contribution in [2.45, 2.75) is 96.8 Å². The van der Waals surface area contributed by atoms with Crippen LogP contribution in [0.25, 0.3) is 0 Å². The van der Waals surface area contributed by atoms with Crippen LogP contribution in [0, 0.1) is 0 Å². The Hall–Kier alpha value is 0.622. The van der Waals surface area contributed by atoms with Crippen LogP contribution in [0.5, 0.6) is 0 Å². The van der Waals surface area contributed by atoms with E-state index < -0.39 is 0 Å². The van der Waals surface area contributed by atoms with Crippen LogP contribution in [0.1, 0.15) is 96.8 Å². The molecular formula is C18H37NPb. The fraction of sp³-hybridized carbons (Fsp3) is 0.889. The molecule has 0 saturated carbocycles. The molecule has 0 aromatic heterocycles. The molecule has 0 saturated heterocycles. The Morgan fingerprint density at radius 2 is 1.00 bits per heavy atom. The van der Waals surface area contributed by atoms with Crippen molar-refractivity contribution in [3.8, 4) is 0 Å². The van der Waals surface area contributed by atoms with Gasteiger partial charge in [0.2, 0.25) is 0 Å². The summed E-state index contributed by atoms with van der Waals surface area (Å²) in [5.41, 5.74) is 5.47. The van der Waals surface area contributed by atoms with Gasteiger partial charge in [-0.15, -0.1) is 0 Å². The van der Waals surface area contributed by atoms with Crippen molar-refractivity contribution in [1.29, 1.82) is 0 Å². The molecule has 2 N–H and O–H groups in total. The molecule has 0 aliphatic rings. The summed E-state index contributed by atoms with van der Waals surface area (Å²) in [7, 11) is 0. The average Bonchev–Trinajstić information content (AvgIpc) is 2.43. The summed E-state index contributed by atoms with van der Waals surface area (Å²) < 4.78 is 0. The third kappa shape index (κ3) is 20.9. The molecule has 20 heavy (non-hydrogen) atoms. The van der Waals surface area contributed by atoms with E-state index in [0.29, 0.717) is 0 Å². The summed E-state index contributed by atoms with van der Waals surface area (Å²) in [6.07, 6.45) is 23.9. The second-order valence-electron chi connectivity index (χ2n) is 5.73. The summed E-state index contributed by atoms with van der Waals surface area (Å²) in [6.45, 7) is 3.14. The van der Waals surface area contributed by atoms with Gasteiger partial charge in [0.05, 0.1) is 0 Å². The summed E-state index contributed by atoms with van der Waals surface area (Å²) in [5.74, 6) is 0. The first-order valence-electron chi connectivity index (χ1n) is 8.77. The molecule has 1 nitrogen and oxygen atoms in total. The van der Waals surface area contributed by atoms with Crippen LogP contribution in [0.3, 0.4) is 0 Å². The molecule has 0 aromatic rings. The topological polar surface area (TPSA) is 26.0 Å². The Kier molecular flexibility index (Phi) is 25.1. The fourth-order valence-electron chi connectivity index (χ4n) is 2.39. The number of rotatable bonds is 15. The van der Waals surface area contributed by atoms with Gasteiger partial charge in [-0.1, -0.05) is 76.9 Å². The smallest absolute Gasteiger partial charge is 0 e. The van der Waals surface area contributed by atoms with Gasteiger partial charge in [-0.25, -0.2) is 0 Å². The molecule has 4 radical (unpaired) electrons. The third-order valence-corrected chi connectivity index (χ3v) is 3.72. The zero-order valence-electron chi connectivity index (χ0n) is 13.8. The molecule has 0 rings (SSSR count). The van der Waals surface area contributed by atoms with Crippen molar-refractivity contribution in [3.63, 3.8) is 0 Å². The average molecular weight is 475 g/mol. The van der Waals surface area contributed by atoms with Gasteiger partial charge in [-0.2, -0.15) is 0 Å². The fourth-order valence-corrected chi connectivity index (χ4v) is 2.39.